The SMILES string of the molecule is O=C(N[C@H]1C[C@H]2C(=O)NC[C@@H](CCC(=O)N3CCN(c4ccccn4)CC3)N2C1)c1cccc(F)c1. The average Bonchev–Trinajstić information content (AvgIpc) is 3.33. The fourth-order valence-electron chi connectivity index (χ4n) is 5.42. The van der Waals surface area contributed by atoms with Crippen LogP contribution in [0.3, 0.4) is 0 Å². The van der Waals surface area contributed by atoms with Crippen molar-refractivity contribution in [2.24, 2.45) is 0 Å². The molecule has 3 aliphatic rings. The molecule has 0 saturated carbocycles. The van der Waals surface area contributed by atoms with Gasteiger partial charge in [-0.2, -0.15) is 0 Å². The van der Waals surface area contributed by atoms with Crippen LogP contribution in [0.5, 0.6) is 0 Å². The molecule has 3 atom stereocenters. The maximum Gasteiger partial charge on any atom is 0.251 e. The first-order valence-corrected chi connectivity index (χ1v) is 12.5. The highest BCUT2D eigenvalue weighted by atomic mass is 19.1. The van der Waals surface area contributed by atoms with E-state index >= 15 is 0 Å². The summed E-state index contributed by atoms with van der Waals surface area (Å²) >= 11 is 0. The van der Waals surface area contributed by atoms with Gasteiger partial charge in [0.25, 0.3) is 5.91 Å². The van der Waals surface area contributed by atoms with Gasteiger partial charge < -0.3 is 20.4 Å². The Hall–Kier alpha value is -3.53. The van der Waals surface area contributed by atoms with Gasteiger partial charge in [0, 0.05) is 69.5 Å². The van der Waals surface area contributed by atoms with Gasteiger partial charge in [-0.1, -0.05) is 12.1 Å². The third-order valence-electron chi connectivity index (χ3n) is 7.34. The lowest BCUT2D eigenvalue weighted by atomic mass is 10.0. The van der Waals surface area contributed by atoms with E-state index in [1.807, 2.05) is 23.1 Å². The number of halogens is 1. The van der Waals surface area contributed by atoms with Gasteiger partial charge >= 0.3 is 0 Å². The molecule has 36 heavy (non-hydrogen) atoms. The number of carbonyl (C=O) groups is 3. The molecule has 2 N–H and O–H groups in total. The topological polar surface area (TPSA) is 97.9 Å². The number of fused-ring (bicyclic) bond motifs is 1. The lowest BCUT2D eigenvalue weighted by Crippen LogP contribution is -2.58. The molecule has 2 aromatic rings. The zero-order chi connectivity index (χ0) is 25.1. The lowest BCUT2D eigenvalue weighted by Gasteiger charge is -2.38. The van der Waals surface area contributed by atoms with E-state index < -0.39 is 5.82 Å². The second-order valence-electron chi connectivity index (χ2n) is 9.62. The van der Waals surface area contributed by atoms with E-state index in [0.29, 0.717) is 45.4 Å². The van der Waals surface area contributed by atoms with Crippen molar-refractivity contribution >= 4 is 23.5 Å². The molecule has 0 bridgehead atoms. The number of carbonyl (C=O) groups excluding carboxylic acids is 3. The molecule has 4 heterocycles. The van der Waals surface area contributed by atoms with E-state index in [4.69, 9.17) is 0 Å². The number of aromatic nitrogens is 1. The molecule has 5 rings (SSSR count). The van der Waals surface area contributed by atoms with Gasteiger partial charge in [0.2, 0.25) is 11.8 Å². The Labute approximate surface area is 209 Å². The van der Waals surface area contributed by atoms with Crippen molar-refractivity contribution in [1.29, 1.82) is 0 Å². The summed E-state index contributed by atoms with van der Waals surface area (Å²) in [7, 11) is 0. The molecular formula is C26H31FN6O3. The number of anilines is 1. The van der Waals surface area contributed by atoms with Crippen LogP contribution in [-0.4, -0.2) is 89.9 Å². The van der Waals surface area contributed by atoms with Crippen molar-refractivity contribution in [3.63, 3.8) is 0 Å². The van der Waals surface area contributed by atoms with Crippen LogP contribution in [0.2, 0.25) is 0 Å². The van der Waals surface area contributed by atoms with Crippen LogP contribution in [0, 0.1) is 5.82 Å². The number of nitrogens with zero attached hydrogens (tertiary/aromatic N) is 4. The van der Waals surface area contributed by atoms with Crippen LogP contribution < -0.4 is 15.5 Å². The minimum absolute atomic E-state index is 0.0301. The van der Waals surface area contributed by atoms with Crippen molar-refractivity contribution in [1.82, 2.24) is 25.4 Å². The van der Waals surface area contributed by atoms with E-state index in [1.54, 1.807) is 12.3 Å². The molecule has 0 radical (unpaired) electrons. The fourth-order valence-corrected chi connectivity index (χ4v) is 5.42. The number of benzene rings is 1. The minimum atomic E-state index is -0.464. The van der Waals surface area contributed by atoms with Crippen LogP contribution in [0.25, 0.3) is 0 Å². The van der Waals surface area contributed by atoms with Crippen LogP contribution in [0.15, 0.2) is 48.7 Å². The molecule has 0 unspecified atom stereocenters. The fraction of sp³-hybridized carbons (Fsp3) is 0.462. The normalized spacial score (nSPS) is 24.2. The van der Waals surface area contributed by atoms with E-state index in [1.165, 1.54) is 18.2 Å². The Morgan fingerprint density at radius 3 is 2.69 bits per heavy atom. The highest BCUT2D eigenvalue weighted by Gasteiger charge is 2.44. The van der Waals surface area contributed by atoms with Gasteiger partial charge in [-0.15, -0.1) is 0 Å². The molecule has 3 saturated heterocycles. The van der Waals surface area contributed by atoms with Crippen molar-refractivity contribution in [2.75, 3.05) is 44.2 Å². The second-order valence-corrected chi connectivity index (χ2v) is 9.62. The Bertz CT molecular complexity index is 1110. The summed E-state index contributed by atoms with van der Waals surface area (Å²) in [6.45, 7) is 3.85. The lowest BCUT2D eigenvalue weighted by molar-refractivity contribution is -0.132. The van der Waals surface area contributed by atoms with Gasteiger partial charge in [-0.05, 0) is 43.2 Å². The molecule has 9 nitrogen and oxygen atoms in total. The monoisotopic (exact) mass is 494 g/mol. The van der Waals surface area contributed by atoms with Crippen LogP contribution in [0.1, 0.15) is 29.6 Å². The summed E-state index contributed by atoms with van der Waals surface area (Å²) in [4.78, 5) is 48.6. The van der Waals surface area contributed by atoms with Gasteiger partial charge in [0.15, 0.2) is 0 Å². The Kier molecular flexibility index (Phi) is 7.13. The summed E-state index contributed by atoms with van der Waals surface area (Å²) < 4.78 is 13.5. The first kappa shape index (κ1) is 24.2. The standard InChI is InChI=1S/C26H31FN6O3/c27-19-5-3-4-18(14-19)25(35)30-20-15-22-26(36)29-16-21(33(22)17-20)7-8-24(34)32-12-10-31(11-13-32)23-6-1-2-9-28-23/h1-6,9,14,20-22H,7-8,10-13,15-17H2,(H,29,36)(H,30,35)/t20-,21+,22-/m0/s1. The van der Waals surface area contributed by atoms with Gasteiger partial charge in [-0.3, -0.25) is 19.3 Å². The summed E-state index contributed by atoms with van der Waals surface area (Å²) in [5.41, 5.74) is 0.259. The number of hydrogen-bond acceptors (Lipinski definition) is 6. The minimum Gasteiger partial charge on any atom is -0.353 e. The molecule has 1 aromatic carbocycles. The number of piperazine rings is 2. The summed E-state index contributed by atoms with van der Waals surface area (Å²) in [6, 6.07) is 10.9. The summed E-state index contributed by atoms with van der Waals surface area (Å²) in [5, 5.41) is 5.90. The zero-order valence-corrected chi connectivity index (χ0v) is 20.1. The van der Waals surface area contributed by atoms with Crippen molar-refractivity contribution in [3.05, 3.63) is 60.0 Å². The number of nitrogens with one attached hydrogen (secondary N) is 2. The predicted molar refractivity (Wildman–Crippen MR) is 132 cm³/mol. The van der Waals surface area contributed by atoms with Crippen molar-refractivity contribution in [3.8, 4) is 0 Å². The summed E-state index contributed by atoms with van der Waals surface area (Å²) in [5.74, 6) is 0.191. The molecule has 3 amide bonds. The van der Waals surface area contributed by atoms with E-state index in [2.05, 4.69) is 25.4 Å². The average molecular weight is 495 g/mol. The molecule has 190 valence electrons. The van der Waals surface area contributed by atoms with Crippen LogP contribution in [-0.2, 0) is 9.59 Å². The molecule has 3 fully saturated rings. The third-order valence-corrected chi connectivity index (χ3v) is 7.34. The number of hydrogen-bond donors (Lipinski definition) is 2. The second kappa shape index (κ2) is 10.6. The van der Waals surface area contributed by atoms with Crippen LogP contribution in [0.4, 0.5) is 10.2 Å². The van der Waals surface area contributed by atoms with E-state index in [9.17, 15) is 18.8 Å². The number of rotatable bonds is 6. The third kappa shape index (κ3) is 5.33. The van der Waals surface area contributed by atoms with Gasteiger partial charge in [-0.25, -0.2) is 9.37 Å². The van der Waals surface area contributed by atoms with Crippen molar-refractivity contribution in [2.45, 2.75) is 37.4 Å². The molecular weight excluding hydrogens is 463 g/mol. The summed E-state index contributed by atoms with van der Waals surface area (Å²) in [6.07, 6.45) is 3.32. The Balaban J connectivity index is 1.12. The number of amides is 3. The highest BCUT2D eigenvalue weighted by molar-refractivity contribution is 5.94. The maximum absolute atomic E-state index is 13.5. The van der Waals surface area contributed by atoms with Crippen LogP contribution >= 0.6 is 0 Å². The largest absolute Gasteiger partial charge is 0.353 e. The van der Waals surface area contributed by atoms with Gasteiger partial charge in [0.05, 0.1) is 6.04 Å². The maximum atomic E-state index is 13.5. The van der Waals surface area contributed by atoms with E-state index in [0.717, 1.165) is 18.9 Å². The first-order chi connectivity index (χ1) is 17.5. The molecule has 0 spiro atoms. The number of pyridine rings is 1. The molecule has 3 aliphatic heterocycles. The Morgan fingerprint density at radius 1 is 1.11 bits per heavy atom. The van der Waals surface area contributed by atoms with Gasteiger partial charge in [0.1, 0.15) is 11.6 Å². The predicted octanol–water partition coefficient (Wildman–Crippen LogP) is 1.02. The zero-order valence-electron chi connectivity index (χ0n) is 20.1. The quantitative estimate of drug-likeness (QED) is 0.623. The smallest absolute Gasteiger partial charge is 0.251 e. The Morgan fingerprint density at radius 2 is 1.94 bits per heavy atom. The van der Waals surface area contributed by atoms with E-state index in [-0.39, 0.29) is 41.4 Å². The molecule has 10 heteroatoms. The van der Waals surface area contributed by atoms with Crippen molar-refractivity contribution < 1.29 is 18.8 Å². The highest BCUT2D eigenvalue weighted by Crippen LogP contribution is 2.26. The first-order valence-electron chi connectivity index (χ1n) is 12.5. The molecule has 0 aliphatic carbocycles. The molecule has 1 aromatic heterocycles.